The van der Waals surface area contributed by atoms with Crippen molar-refractivity contribution in [2.75, 3.05) is 5.88 Å². The molecule has 1 unspecified atom stereocenters. The summed E-state index contributed by atoms with van der Waals surface area (Å²) in [6.45, 7) is 2.81. The number of halogens is 1. The van der Waals surface area contributed by atoms with E-state index in [1.54, 1.807) is 0 Å². The summed E-state index contributed by atoms with van der Waals surface area (Å²) in [5.41, 5.74) is 5.10. The summed E-state index contributed by atoms with van der Waals surface area (Å²) in [7, 11) is 0. The first-order valence-corrected chi connectivity index (χ1v) is 7.16. The van der Waals surface area contributed by atoms with E-state index in [-0.39, 0.29) is 11.8 Å². The molecule has 19 heavy (non-hydrogen) atoms. The fourth-order valence-corrected chi connectivity index (χ4v) is 3.05. The molecule has 1 atom stereocenters. The molecule has 0 bridgehead atoms. The Kier molecular flexibility index (Phi) is 3.23. The number of carbonyl (C=O) groups excluding carboxylic acids is 1. The lowest BCUT2D eigenvalue weighted by atomic mass is 10.0. The molecule has 4 heteroatoms. The first-order valence-electron chi connectivity index (χ1n) is 6.63. The third kappa shape index (κ3) is 2.23. The van der Waals surface area contributed by atoms with Crippen molar-refractivity contribution in [2.45, 2.75) is 26.3 Å². The summed E-state index contributed by atoms with van der Waals surface area (Å²) in [6, 6.07) is 6.27. The lowest BCUT2D eigenvalue weighted by molar-refractivity contribution is -0.118. The Balaban J connectivity index is 1.94. The van der Waals surface area contributed by atoms with Crippen LogP contribution in [0.25, 0.3) is 10.9 Å². The number of para-hydroxylation sites is 1. The average Bonchev–Trinajstić information content (AvgIpc) is 2.92. The van der Waals surface area contributed by atoms with E-state index in [9.17, 15) is 4.79 Å². The Morgan fingerprint density at radius 1 is 1.47 bits per heavy atom. The van der Waals surface area contributed by atoms with Gasteiger partial charge in [0.25, 0.3) is 0 Å². The molecule has 3 rings (SSSR count). The average molecular weight is 277 g/mol. The Hall–Kier alpha value is -1.48. The second kappa shape index (κ2) is 4.89. The molecule has 0 saturated heterocycles. The van der Waals surface area contributed by atoms with Crippen LogP contribution in [0.2, 0.25) is 0 Å². The fourth-order valence-electron chi connectivity index (χ4n) is 2.95. The van der Waals surface area contributed by atoms with Crippen LogP contribution in [0.4, 0.5) is 0 Å². The van der Waals surface area contributed by atoms with Crippen molar-refractivity contribution in [2.24, 2.45) is 5.92 Å². The first kappa shape index (κ1) is 12.5. The van der Waals surface area contributed by atoms with Crippen LogP contribution < -0.4 is 5.32 Å². The van der Waals surface area contributed by atoms with Crippen molar-refractivity contribution in [1.29, 1.82) is 0 Å². The maximum Gasteiger partial charge on any atom is 0.235 e. The molecule has 0 saturated carbocycles. The number of benzene rings is 1. The molecule has 100 valence electrons. The normalized spacial score (nSPS) is 17.7. The minimum Gasteiger partial charge on any atom is -0.358 e. The van der Waals surface area contributed by atoms with E-state index in [0.29, 0.717) is 6.54 Å². The van der Waals surface area contributed by atoms with E-state index < -0.39 is 0 Å². The van der Waals surface area contributed by atoms with Crippen LogP contribution in [0.1, 0.15) is 23.7 Å². The summed E-state index contributed by atoms with van der Waals surface area (Å²) < 4.78 is 0. The number of H-pyrrole nitrogens is 1. The molecule has 2 aromatic rings. The number of amides is 1. The van der Waals surface area contributed by atoms with Crippen LogP contribution in [0.5, 0.6) is 0 Å². The van der Waals surface area contributed by atoms with Crippen molar-refractivity contribution in [1.82, 2.24) is 10.3 Å². The Labute approximate surface area is 117 Å². The zero-order chi connectivity index (χ0) is 13.4. The van der Waals surface area contributed by atoms with Gasteiger partial charge in [0, 0.05) is 17.6 Å². The number of alkyl halides is 1. The molecule has 0 aliphatic heterocycles. The third-order valence-corrected chi connectivity index (χ3v) is 4.06. The quantitative estimate of drug-likeness (QED) is 0.832. The van der Waals surface area contributed by atoms with Gasteiger partial charge in [0.15, 0.2) is 0 Å². The largest absolute Gasteiger partial charge is 0.358 e. The predicted octanol–water partition coefficient (Wildman–Crippen LogP) is 2.76. The van der Waals surface area contributed by atoms with Gasteiger partial charge >= 0.3 is 0 Å². The van der Waals surface area contributed by atoms with E-state index >= 15 is 0 Å². The minimum atomic E-state index is -0.133. The lowest BCUT2D eigenvalue weighted by Crippen LogP contribution is -2.23. The Morgan fingerprint density at radius 2 is 2.32 bits per heavy atom. The Bertz CT molecular complexity index is 632. The van der Waals surface area contributed by atoms with Crippen LogP contribution >= 0.6 is 11.6 Å². The summed E-state index contributed by atoms with van der Waals surface area (Å²) in [4.78, 5) is 14.8. The zero-order valence-electron chi connectivity index (χ0n) is 10.9. The molecular weight excluding hydrogens is 260 g/mol. The second-order valence-corrected chi connectivity index (χ2v) is 5.61. The second-order valence-electron chi connectivity index (χ2n) is 5.35. The summed E-state index contributed by atoms with van der Waals surface area (Å²) in [5.74, 6) is 0.603. The molecule has 0 radical (unpaired) electrons. The first-order chi connectivity index (χ1) is 9.19. The molecule has 3 nitrogen and oxygen atoms in total. The third-order valence-electron chi connectivity index (χ3n) is 3.82. The van der Waals surface area contributed by atoms with Crippen LogP contribution in [-0.2, 0) is 24.2 Å². The highest BCUT2D eigenvalue weighted by molar-refractivity contribution is 6.27. The van der Waals surface area contributed by atoms with E-state index in [1.165, 1.54) is 16.6 Å². The van der Waals surface area contributed by atoms with Gasteiger partial charge in [-0.05, 0) is 29.9 Å². The van der Waals surface area contributed by atoms with Gasteiger partial charge in [-0.3, -0.25) is 4.79 Å². The van der Waals surface area contributed by atoms with Crippen molar-refractivity contribution >= 4 is 28.4 Å². The molecular formula is C15H17ClN2O. The van der Waals surface area contributed by atoms with Crippen LogP contribution in [0.15, 0.2) is 18.2 Å². The highest BCUT2D eigenvalue weighted by atomic mass is 35.5. The number of carbonyl (C=O) groups is 1. The number of nitrogens with one attached hydrogen (secondary N) is 2. The van der Waals surface area contributed by atoms with E-state index in [4.69, 9.17) is 11.6 Å². The van der Waals surface area contributed by atoms with Crippen LogP contribution in [0, 0.1) is 5.92 Å². The van der Waals surface area contributed by atoms with Gasteiger partial charge in [-0.25, -0.2) is 0 Å². The molecule has 0 spiro atoms. The van der Waals surface area contributed by atoms with E-state index in [1.807, 2.05) is 6.07 Å². The van der Waals surface area contributed by atoms with Gasteiger partial charge in [-0.2, -0.15) is 0 Å². The molecule has 1 heterocycles. The van der Waals surface area contributed by atoms with Crippen LogP contribution in [-0.4, -0.2) is 16.8 Å². The van der Waals surface area contributed by atoms with Crippen molar-refractivity contribution in [3.63, 3.8) is 0 Å². The highest BCUT2D eigenvalue weighted by Crippen LogP contribution is 2.33. The number of hydrogen-bond donors (Lipinski definition) is 2. The summed E-state index contributed by atoms with van der Waals surface area (Å²) >= 11 is 5.49. The summed E-state index contributed by atoms with van der Waals surface area (Å²) in [6.07, 6.45) is 2.27. The maximum absolute atomic E-state index is 11.3. The smallest absolute Gasteiger partial charge is 0.235 e. The molecule has 1 amide bonds. The highest BCUT2D eigenvalue weighted by Gasteiger charge is 2.23. The van der Waals surface area contributed by atoms with Gasteiger partial charge < -0.3 is 10.3 Å². The SMILES string of the molecule is CC1Cc2[nH]c3c(CNC(=O)CCl)cccc3c2C1. The number of aromatic nitrogens is 1. The predicted molar refractivity (Wildman–Crippen MR) is 77.4 cm³/mol. The minimum absolute atomic E-state index is 0.00865. The molecule has 1 aliphatic rings. The number of rotatable bonds is 3. The molecule has 2 N–H and O–H groups in total. The lowest BCUT2D eigenvalue weighted by Gasteiger charge is -2.06. The standard InChI is InChI=1S/C15H17ClN2O/c1-9-5-12-11-4-2-3-10(8-17-14(19)7-16)15(11)18-13(12)6-9/h2-4,9,18H,5-8H2,1H3,(H,17,19). The number of aromatic amines is 1. The van der Waals surface area contributed by atoms with E-state index in [0.717, 1.165) is 29.8 Å². The topological polar surface area (TPSA) is 44.9 Å². The maximum atomic E-state index is 11.3. The van der Waals surface area contributed by atoms with E-state index in [2.05, 4.69) is 29.4 Å². The van der Waals surface area contributed by atoms with Gasteiger partial charge in [0.05, 0.1) is 5.52 Å². The van der Waals surface area contributed by atoms with Crippen molar-refractivity contribution in [3.05, 3.63) is 35.0 Å². The summed E-state index contributed by atoms with van der Waals surface area (Å²) in [5, 5.41) is 4.13. The number of hydrogen-bond acceptors (Lipinski definition) is 1. The number of fused-ring (bicyclic) bond motifs is 3. The van der Waals surface area contributed by atoms with Gasteiger partial charge in [-0.15, -0.1) is 11.6 Å². The molecule has 0 fully saturated rings. The monoisotopic (exact) mass is 276 g/mol. The van der Waals surface area contributed by atoms with Crippen molar-refractivity contribution < 1.29 is 4.79 Å². The fraction of sp³-hybridized carbons (Fsp3) is 0.400. The molecule has 1 aromatic carbocycles. The van der Waals surface area contributed by atoms with Gasteiger partial charge in [-0.1, -0.05) is 25.1 Å². The van der Waals surface area contributed by atoms with Crippen LogP contribution in [0.3, 0.4) is 0 Å². The van der Waals surface area contributed by atoms with Gasteiger partial charge in [0.2, 0.25) is 5.91 Å². The molecule has 1 aromatic heterocycles. The Morgan fingerprint density at radius 3 is 3.11 bits per heavy atom. The van der Waals surface area contributed by atoms with Gasteiger partial charge in [0.1, 0.15) is 5.88 Å². The molecule has 1 aliphatic carbocycles. The zero-order valence-corrected chi connectivity index (χ0v) is 11.7. The van der Waals surface area contributed by atoms with Crippen molar-refractivity contribution in [3.8, 4) is 0 Å².